The highest BCUT2D eigenvalue weighted by Crippen LogP contribution is 2.24. The van der Waals surface area contributed by atoms with Gasteiger partial charge in [-0.15, -0.1) is 0 Å². The molecule has 0 radical (unpaired) electrons. The minimum absolute atomic E-state index is 0.155. The zero-order valence-corrected chi connectivity index (χ0v) is 12.9. The Hall–Kier alpha value is -2.31. The standard InChI is InChI=1S/C15H20N2O5/c1-15(2,3)22-14(20)17-9-10(8-11(17)13(18)19)21-12-6-4-5-7-16-12/h4-7,10-11H,8-9H2,1-3H3,(H,18,19)/t10-,11+/m1/s1. The maximum absolute atomic E-state index is 12.1. The summed E-state index contributed by atoms with van der Waals surface area (Å²) in [6.07, 6.45) is 0.714. The Bertz CT molecular complexity index is 541. The molecule has 0 spiro atoms. The second-order valence-electron chi connectivity index (χ2n) is 6.13. The van der Waals surface area contributed by atoms with Crippen LogP contribution < -0.4 is 4.74 Å². The number of hydrogen-bond donors (Lipinski definition) is 1. The number of likely N-dealkylation sites (tertiary alicyclic amines) is 1. The van der Waals surface area contributed by atoms with Crippen LogP contribution in [0.5, 0.6) is 5.88 Å². The first kappa shape index (κ1) is 16.1. The van der Waals surface area contributed by atoms with Crippen LogP contribution in [-0.4, -0.2) is 51.3 Å². The molecule has 0 unspecified atom stereocenters. The van der Waals surface area contributed by atoms with Crippen molar-refractivity contribution >= 4 is 12.1 Å². The van der Waals surface area contributed by atoms with E-state index in [2.05, 4.69) is 4.98 Å². The van der Waals surface area contributed by atoms with Gasteiger partial charge in [-0.3, -0.25) is 4.90 Å². The SMILES string of the molecule is CC(C)(C)OC(=O)N1C[C@H](Oc2ccccn2)C[C@H]1C(=O)O. The molecular weight excluding hydrogens is 288 g/mol. The van der Waals surface area contributed by atoms with E-state index in [0.29, 0.717) is 5.88 Å². The smallest absolute Gasteiger partial charge is 0.411 e. The summed E-state index contributed by atoms with van der Waals surface area (Å²) < 4.78 is 10.9. The quantitative estimate of drug-likeness (QED) is 0.917. The number of amides is 1. The van der Waals surface area contributed by atoms with Gasteiger partial charge in [0.1, 0.15) is 17.7 Å². The number of carboxylic acid groups (broad SMARTS) is 1. The van der Waals surface area contributed by atoms with E-state index in [4.69, 9.17) is 9.47 Å². The number of hydrogen-bond acceptors (Lipinski definition) is 5. The molecule has 22 heavy (non-hydrogen) atoms. The number of carbonyl (C=O) groups excluding carboxylic acids is 1. The predicted octanol–water partition coefficient (Wildman–Crippen LogP) is 1.92. The van der Waals surface area contributed by atoms with Gasteiger partial charge in [-0.2, -0.15) is 0 Å². The number of nitrogens with zero attached hydrogens (tertiary/aromatic N) is 2. The molecule has 2 atom stereocenters. The molecule has 1 aliphatic heterocycles. The van der Waals surface area contributed by atoms with Gasteiger partial charge in [0.15, 0.2) is 0 Å². The van der Waals surface area contributed by atoms with Crippen molar-refractivity contribution < 1.29 is 24.2 Å². The second kappa shape index (κ2) is 6.21. The van der Waals surface area contributed by atoms with Gasteiger partial charge in [-0.1, -0.05) is 6.07 Å². The van der Waals surface area contributed by atoms with Gasteiger partial charge in [-0.05, 0) is 26.8 Å². The average Bonchev–Trinajstić information content (AvgIpc) is 2.82. The average molecular weight is 308 g/mol. The second-order valence-corrected chi connectivity index (χ2v) is 6.13. The van der Waals surface area contributed by atoms with Crippen molar-refractivity contribution in [2.75, 3.05) is 6.54 Å². The lowest BCUT2D eigenvalue weighted by molar-refractivity contribution is -0.142. The molecule has 1 aromatic heterocycles. The number of carboxylic acids is 1. The Balaban J connectivity index is 2.06. The summed E-state index contributed by atoms with van der Waals surface area (Å²) in [6, 6.07) is 4.27. The van der Waals surface area contributed by atoms with Gasteiger partial charge in [0.2, 0.25) is 5.88 Å². The predicted molar refractivity (Wildman–Crippen MR) is 77.6 cm³/mol. The Morgan fingerprint density at radius 1 is 1.36 bits per heavy atom. The van der Waals surface area contributed by atoms with E-state index in [1.54, 1.807) is 45.2 Å². The highest BCUT2D eigenvalue weighted by Gasteiger charge is 2.42. The summed E-state index contributed by atoms with van der Waals surface area (Å²) in [5, 5.41) is 9.29. The van der Waals surface area contributed by atoms with E-state index in [1.165, 1.54) is 4.90 Å². The van der Waals surface area contributed by atoms with E-state index in [9.17, 15) is 14.7 Å². The van der Waals surface area contributed by atoms with Crippen LogP contribution in [0.2, 0.25) is 0 Å². The Labute approximate surface area is 128 Å². The summed E-state index contributed by atoms with van der Waals surface area (Å²) in [7, 11) is 0. The topological polar surface area (TPSA) is 89.0 Å². The molecular formula is C15H20N2O5. The van der Waals surface area contributed by atoms with Crippen LogP contribution in [0.15, 0.2) is 24.4 Å². The summed E-state index contributed by atoms with van der Waals surface area (Å²) >= 11 is 0. The minimum atomic E-state index is -1.07. The van der Waals surface area contributed by atoms with Crippen molar-refractivity contribution in [3.8, 4) is 5.88 Å². The van der Waals surface area contributed by atoms with Crippen LogP contribution in [0.25, 0.3) is 0 Å². The van der Waals surface area contributed by atoms with Crippen LogP contribution in [0.1, 0.15) is 27.2 Å². The summed E-state index contributed by atoms with van der Waals surface area (Å²) in [4.78, 5) is 28.7. The van der Waals surface area contributed by atoms with Crippen LogP contribution in [0.3, 0.4) is 0 Å². The fourth-order valence-corrected chi connectivity index (χ4v) is 2.23. The van der Waals surface area contributed by atoms with Crippen molar-refractivity contribution in [3.05, 3.63) is 24.4 Å². The molecule has 1 N–H and O–H groups in total. The molecule has 1 saturated heterocycles. The molecule has 0 bridgehead atoms. The summed E-state index contributed by atoms with van der Waals surface area (Å²) in [5.41, 5.74) is -0.680. The lowest BCUT2D eigenvalue weighted by Gasteiger charge is -2.26. The van der Waals surface area contributed by atoms with Crippen molar-refractivity contribution in [1.29, 1.82) is 0 Å². The normalized spacial score (nSPS) is 21.5. The molecule has 7 nitrogen and oxygen atoms in total. The van der Waals surface area contributed by atoms with Crippen molar-refractivity contribution in [2.24, 2.45) is 0 Å². The van der Waals surface area contributed by atoms with Gasteiger partial charge in [-0.25, -0.2) is 14.6 Å². The molecule has 0 aromatic carbocycles. The fraction of sp³-hybridized carbons (Fsp3) is 0.533. The summed E-state index contributed by atoms with van der Waals surface area (Å²) in [5.74, 6) is -0.666. The van der Waals surface area contributed by atoms with E-state index in [-0.39, 0.29) is 13.0 Å². The minimum Gasteiger partial charge on any atom is -0.480 e. The molecule has 7 heteroatoms. The van der Waals surface area contributed by atoms with Gasteiger partial charge < -0.3 is 14.6 Å². The number of pyridine rings is 1. The van der Waals surface area contributed by atoms with E-state index in [0.717, 1.165) is 0 Å². The van der Waals surface area contributed by atoms with Crippen LogP contribution >= 0.6 is 0 Å². The Morgan fingerprint density at radius 2 is 2.09 bits per heavy atom. The third kappa shape index (κ3) is 4.09. The lowest BCUT2D eigenvalue weighted by Crippen LogP contribution is -2.43. The molecule has 1 amide bonds. The third-order valence-electron chi connectivity index (χ3n) is 3.10. The highest BCUT2D eigenvalue weighted by molar-refractivity contribution is 5.81. The molecule has 1 aliphatic rings. The zero-order chi connectivity index (χ0) is 16.3. The zero-order valence-electron chi connectivity index (χ0n) is 12.9. The van der Waals surface area contributed by atoms with Crippen LogP contribution in [0.4, 0.5) is 4.79 Å². The van der Waals surface area contributed by atoms with E-state index < -0.39 is 29.8 Å². The van der Waals surface area contributed by atoms with Gasteiger partial charge in [0.25, 0.3) is 0 Å². The molecule has 0 saturated carbocycles. The molecule has 1 fully saturated rings. The lowest BCUT2D eigenvalue weighted by atomic mass is 10.2. The molecule has 2 rings (SSSR count). The first-order valence-corrected chi connectivity index (χ1v) is 7.06. The number of rotatable bonds is 3. The molecule has 2 heterocycles. The first-order chi connectivity index (χ1) is 10.3. The number of aromatic nitrogens is 1. The number of ether oxygens (including phenoxy) is 2. The Morgan fingerprint density at radius 3 is 2.64 bits per heavy atom. The molecule has 120 valence electrons. The number of carbonyl (C=O) groups is 2. The monoisotopic (exact) mass is 308 g/mol. The van der Waals surface area contributed by atoms with Crippen molar-refractivity contribution in [3.63, 3.8) is 0 Å². The molecule has 1 aromatic rings. The van der Waals surface area contributed by atoms with E-state index in [1.807, 2.05) is 0 Å². The van der Waals surface area contributed by atoms with Crippen LogP contribution in [0, 0.1) is 0 Å². The van der Waals surface area contributed by atoms with Crippen molar-refractivity contribution in [1.82, 2.24) is 9.88 Å². The summed E-state index contributed by atoms with van der Waals surface area (Å²) in [6.45, 7) is 5.36. The molecule has 0 aliphatic carbocycles. The van der Waals surface area contributed by atoms with Gasteiger partial charge >= 0.3 is 12.1 Å². The van der Waals surface area contributed by atoms with E-state index >= 15 is 0 Å². The van der Waals surface area contributed by atoms with Gasteiger partial charge in [0.05, 0.1) is 6.54 Å². The first-order valence-electron chi connectivity index (χ1n) is 7.06. The fourth-order valence-electron chi connectivity index (χ4n) is 2.23. The number of aliphatic carboxylic acids is 1. The van der Waals surface area contributed by atoms with Crippen LogP contribution in [-0.2, 0) is 9.53 Å². The maximum Gasteiger partial charge on any atom is 0.411 e. The highest BCUT2D eigenvalue weighted by atomic mass is 16.6. The Kier molecular flexibility index (Phi) is 4.54. The third-order valence-corrected chi connectivity index (χ3v) is 3.10. The van der Waals surface area contributed by atoms with Crippen molar-refractivity contribution in [2.45, 2.75) is 44.9 Å². The van der Waals surface area contributed by atoms with Gasteiger partial charge in [0, 0.05) is 18.7 Å². The largest absolute Gasteiger partial charge is 0.480 e. The maximum atomic E-state index is 12.1.